The molecule has 0 radical (unpaired) electrons. The molecule has 0 aliphatic rings. The van der Waals surface area contributed by atoms with E-state index in [2.05, 4.69) is 0 Å². The molecule has 8 heavy (non-hydrogen) atoms. The molecule has 0 aliphatic carbocycles. The summed E-state index contributed by atoms with van der Waals surface area (Å²) in [5, 5.41) is 0. The van der Waals surface area contributed by atoms with Gasteiger partial charge in [-0.25, -0.2) is 0 Å². The maximum absolute atomic E-state index is 9.84. The van der Waals surface area contributed by atoms with Crippen molar-refractivity contribution in [3.05, 3.63) is 0 Å². The minimum absolute atomic E-state index is 0. The quantitative estimate of drug-likeness (QED) is 0.197. The Morgan fingerprint density at radius 2 is 0.750 bits per heavy atom. The van der Waals surface area contributed by atoms with Gasteiger partial charge in [-0.15, -0.1) is 0 Å². The van der Waals surface area contributed by atoms with E-state index in [-0.39, 0.29) is 23.6 Å². The minimum atomic E-state index is -8.55. The molecule has 0 aliphatic heterocycles. The van der Waals surface area contributed by atoms with Crippen LogP contribution in [0.5, 0.6) is 0 Å². The SMILES string of the molecule is FP(F)(F)(F)F.[F-].[Li+]. The average molecular weight is 152 g/mol. The fourth-order valence-electron chi connectivity index (χ4n) is 0. The summed E-state index contributed by atoms with van der Waals surface area (Å²) in [5.74, 6) is 0. The van der Waals surface area contributed by atoms with E-state index in [4.69, 9.17) is 0 Å². The molecular weight excluding hydrogens is 152 g/mol. The summed E-state index contributed by atoms with van der Waals surface area (Å²) in [6, 6.07) is 0. The van der Waals surface area contributed by atoms with Crippen molar-refractivity contribution >= 4 is 8.16 Å². The van der Waals surface area contributed by atoms with Gasteiger partial charge in [0.25, 0.3) is 0 Å². The molecule has 8 heteroatoms. The van der Waals surface area contributed by atoms with Crippen molar-refractivity contribution in [1.82, 2.24) is 0 Å². The zero-order valence-corrected chi connectivity index (χ0v) is 4.61. The fourth-order valence-corrected chi connectivity index (χ4v) is 0. The van der Waals surface area contributed by atoms with Crippen LogP contribution in [0.1, 0.15) is 0 Å². The molecule has 0 aromatic carbocycles. The molecule has 0 spiro atoms. The van der Waals surface area contributed by atoms with E-state index in [1.165, 1.54) is 0 Å². The van der Waals surface area contributed by atoms with Gasteiger partial charge < -0.3 is 4.70 Å². The van der Waals surface area contributed by atoms with Crippen LogP contribution in [0.3, 0.4) is 0 Å². The molecule has 0 unspecified atom stereocenters. The standard InChI is InChI=1S/F5P.FH.Li/c1-6(2,3,4)5;;/h;1H;/q;;+1/p-1. The van der Waals surface area contributed by atoms with Crippen LogP contribution in [0, 0.1) is 0 Å². The zero-order chi connectivity index (χ0) is 5.45. The van der Waals surface area contributed by atoms with E-state index in [9.17, 15) is 21.0 Å². The van der Waals surface area contributed by atoms with Crippen molar-refractivity contribution in [2.75, 3.05) is 0 Å². The predicted molar refractivity (Wildman–Crippen MR) is 12.5 cm³/mol. The summed E-state index contributed by atoms with van der Waals surface area (Å²) in [6.45, 7) is 0. The van der Waals surface area contributed by atoms with Crippen LogP contribution in [0.2, 0.25) is 0 Å². The molecule has 48 valence electrons. The van der Waals surface area contributed by atoms with Gasteiger partial charge in [-0.3, -0.25) is 0 Å². The molecule has 0 amide bonds. The van der Waals surface area contributed by atoms with Crippen molar-refractivity contribution in [3.63, 3.8) is 0 Å². The van der Waals surface area contributed by atoms with Gasteiger partial charge in [0.05, 0.1) is 0 Å². The van der Waals surface area contributed by atoms with Crippen molar-refractivity contribution in [3.8, 4) is 0 Å². The summed E-state index contributed by atoms with van der Waals surface area (Å²) in [6.07, 6.45) is 0. The Kier molecular flexibility index (Phi) is 5.85. The first-order valence-corrected chi connectivity index (χ1v) is 2.54. The number of hydrogen-bond donors (Lipinski definition) is 0. The summed E-state index contributed by atoms with van der Waals surface area (Å²) in [7, 11) is -8.55. The van der Waals surface area contributed by atoms with Gasteiger partial charge in [0, 0.05) is 0 Å². The Labute approximate surface area is 53.5 Å². The van der Waals surface area contributed by atoms with Gasteiger partial charge in [-0.2, -0.15) is 0 Å². The monoisotopic (exact) mass is 152 g/mol. The smallest absolute Gasteiger partial charge is 1.00 e. The van der Waals surface area contributed by atoms with E-state index >= 15 is 0 Å². The first-order valence-electron chi connectivity index (χ1n) is 0.845. The third-order valence-corrected chi connectivity index (χ3v) is 0. The molecule has 0 fully saturated rings. The molecular formula is F6LiP. The number of halogens is 6. The number of rotatable bonds is 0. The van der Waals surface area contributed by atoms with Crippen molar-refractivity contribution in [2.24, 2.45) is 0 Å². The van der Waals surface area contributed by atoms with E-state index < -0.39 is 8.16 Å². The first kappa shape index (κ1) is 15.8. The molecule has 0 aromatic rings. The maximum atomic E-state index is 9.84. The first-order chi connectivity index (χ1) is 2.24. The Hall–Kier alpha value is 0.607. The molecule has 0 heterocycles. The Morgan fingerprint density at radius 1 is 0.750 bits per heavy atom. The predicted octanol–water partition coefficient (Wildman–Crippen LogP) is -3.03. The fraction of sp³-hybridized carbons (Fsp3) is 0. The van der Waals surface area contributed by atoms with Crippen LogP contribution in [-0.2, 0) is 0 Å². The van der Waals surface area contributed by atoms with E-state index in [0.717, 1.165) is 0 Å². The van der Waals surface area contributed by atoms with Crippen molar-refractivity contribution < 1.29 is 44.5 Å². The molecule has 0 nitrogen and oxygen atoms in total. The summed E-state index contributed by atoms with van der Waals surface area (Å²) in [5.41, 5.74) is 0. The van der Waals surface area contributed by atoms with Gasteiger partial charge in [-0.1, -0.05) is 0 Å². The van der Waals surface area contributed by atoms with E-state index in [0.29, 0.717) is 0 Å². The van der Waals surface area contributed by atoms with Crippen LogP contribution < -0.4 is 23.6 Å². The molecule has 0 bridgehead atoms. The Morgan fingerprint density at radius 3 is 0.750 bits per heavy atom. The number of hydrogen-bond acceptors (Lipinski definition) is 0. The summed E-state index contributed by atoms with van der Waals surface area (Å²) >= 11 is 0. The van der Waals surface area contributed by atoms with Gasteiger partial charge in [0.1, 0.15) is 0 Å². The van der Waals surface area contributed by atoms with Gasteiger partial charge in [0.15, 0.2) is 0 Å². The van der Waals surface area contributed by atoms with Crippen molar-refractivity contribution in [1.29, 1.82) is 0 Å². The third-order valence-electron chi connectivity index (χ3n) is 0. The van der Waals surface area contributed by atoms with Crippen LogP contribution in [0.15, 0.2) is 0 Å². The summed E-state index contributed by atoms with van der Waals surface area (Å²) in [4.78, 5) is 0. The van der Waals surface area contributed by atoms with Gasteiger partial charge >= 0.3 is 48.0 Å². The van der Waals surface area contributed by atoms with Crippen LogP contribution in [0.4, 0.5) is 21.0 Å². The normalized spacial score (nSPS) is 14.4. The van der Waals surface area contributed by atoms with Gasteiger partial charge in [-0.05, 0) is 0 Å². The topological polar surface area (TPSA) is 0 Å². The van der Waals surface area contributed by atoms with Crippen LogP contribution in [0.25, 0.3) is 0 Å². The van der Waals surface area contributed by atoms with Crippen LogP contribution in [-0.4, -0.2) is 0 Å². The summed E-state index contributed by atoms with van der Waals surface area (Å²) < 4.78 is 49.2. The van der Waals surface area contributed by atoms with Gasteiger partial charge in [0.2, 0.25) is 0 Å². The molecule has 0 N–H and O–H groups in total. The molecule has 0 atom stereocenters. The largest absolute Gasteiger partial charge is 1.00 e. The Bertz CT molecular complexity index is 41.7. The molecule has 0 aromatic heterocycles. The third kappa shape index (κ3) is 563. The van der Waals surface area contributed by atoms with Crippen molar-refractivity contribution in [2.45, 2.75) is 0 Å². The average Bonchev–Trinajstić information content (AvgIpc) is 0.650. The molecule has 0 saturated carbocycles. The second kappa shape index (κ2) is 2.95. The molecule has 0 rings (SSSR count). The molecule has 0 saturated heterocycles. The maximum Gasteiger partial charge on any atom is 1.00 e. The van der Waals surface area contributed by atoms with E-state index in [1.54, 1.807) is 0 Å². The second-order valence-corrected chi connectivity index (χ2v) is 1.92. The Balaban J connectivity index is -0.000000125. The van der Waals surface area contributed by atoms with E-state index in [1.807, 2.05) is 0 Å². The van der Waals surface area contributed by atoms with Crippen LogP contribution >= 0.6 is 8.16 Å². The zero-order valence-electron chi connectivity index (χ0n) is 3.72. The minimum Gasteiger partial charge on any atom is -1.00 e. The second-order valence-electron chi connectivity index (χ2n) is 0.639.